The van der Waals surface area contributed by atoms with Crippen molar-refractivity contribution in [2.75, 3.05) is 13.7 Å². The molecule has 1 aromatic carbocycles. The van der Waals surface area contributed by atoms with Gasteiger partial charge in [0.15, 0.2) is 5.96 Å². The smallest absolute Gasteiger partial charge is 0.226 e. The fraction of sp³-hybridized carbons (Fsp3) is 0.250. The lowest BCUT2D eigenvalue weighted by Crippen LogP contribution is -2.36. The molecular weight excluding hydrogens is 342 g/mol. The molecule has 2 aromatic heterocycles. The van der Waals surface area contributed by atoms with Crippen molar-refractivity contribution in [1.29, 1.82) is 0 Å². The van der Waals surface area contributed by atoms with E-state index >= 15 is 0 Å². The lowest BCUT2D eigenvalue weighted by Gasteiger charge is -2.10. The van der Waals surface area contributed by atoms with E-state index in [9.17, 15) is 0 Å². The molecule has 0 bridgehead atoms. The number of methoxy groups -OCH3 is 1. The summed E-state index contributed by atoms with van der Waals surface area (Å²) in [5.41, 5.74) is 2.68. The zero-order valence-electron chi connectivity index (χ0n) is 15.5. The van der Waals surface area contributed by atoms with Crippen LogP contribution in [0.15, 0.2) is 64.3 Å². The van der Waals surface area contributed by atoms with E-state index in [4.69, 9.17) is 9.15 Å². The number of nitrogens with zero attached hydrogens (tertiary/aromatic N) is 3. The van der Waals surface area contributed by atoms with Crippen molar-refractivity contribution in [3.05, 3.63) is 66.2 Å². The van der Waals surface area contributed by atoms with Crippen molar-refractivity contribution in [2.45, 2.75) is 20.0 Å². The quantitative estimate of drug-likeness (QED) is 0.495. The van der Waals surface area contributed by atoms with Crippen LogP contribution >= 0.6 is 0 Å². The standard InChI is InChI=1S/C20H23N5O2/c1-3-21-20(23-12-16-10-7-11-22-18(16)26-2)24-13-17-14-27-19(25-17)15-8-5-4-6-9-15/h4-11,14H,3,12-13H2,1-2H3,(H2,21,23,24). The Morgan fingerprint density at radius 2 is 2.00 bits per heavy atom. The predicted molar refractivity (Wildman–Crippen MR) is 104 cm³/mol. The zero-order chi connectivity index (χ0) is 18.9. The first-order chi connectivity index (χ1) is 13.3. The summed E-state index contributed by atoms with van der Waals surface area (Å²) < 4.78 is 10.8. The van der Waals surface area contributed by atoms with Crippen LogP contribution in [-0.2, 0) is 13.1 Å². The summed E-state index contributed by atoms with van der Waals surface area (Å²) in [5.74, 6) is 1.88. The van der Waals surface area contributed by atoms with Crippen molar-refractivity contribution in [3.8, 4) is 17.3 Å². The second-order valence-corrected chi connectivity index (χ2v) is 5.73. The van der Waals surface area contributed by atoms with Gasteiger partial charge in [-0.15, -0.1) is 0 Å². The number of guanidine groups is 1. The molecule has 0 aliphatic heterocycles. The molecule has 0 amide bonds. The first kappa shape index (κ1) is 18.4. The lowest BCUT2D eigenvalue weighted by atomic mass is 10.2. The Balaban J connectivity index is 1.64. The fourth-order valence-electron chi connectivity index (χ4n) is 2.51. The molecule has 2 N–H and O–H groups in total. The Hall–Kier alpha value is -3.35. The summed E-state index contributed by atoms with van der Waals surface area (Å²) in [5, 5.41) is 6.48. The van der Waals surface area contributed by atoms with Gasteiger partial charge in [0.05, 0.1) is 25.9 Å². The molecule has 27 heavy (non-hydrogen) atoms. The van der Waals surface area contributed by atoms with Crippen molar-refractivity contribution >= 4 is 5.96 Å². The predicted octanol–water partition coefficient (Wildman–Crippen LogP) is 3.00. The maximum atomic E-state index is 5.57. The lowest BCUT2D eigenvalue weighted by molar-refractivity contribution is 0.392. The van der Waals surface area contributed by atoms with Gasteiger partial charge in [-0.3, -0.25) is 0 Å². The van der Waals surface area contributed by atoms with E-state index in [0.717, 1.165) is 23.4 Å². The van der Waals surface area contributed by atoms with Crippen LogP contribution in [0.2, 0.25) is 0 Å². The van der Waals surface area contributed by atoms with Crippen LogP contribution in [0.25, 0.3) is 11.5 Å². The van der Waals surface area contributed by atoms with Gasteiger partial charge < -0.3 is 19.8 Å². The number of aromatic nitrogens is 2. The van der Waals surface area contributed by atoms with Crippen LogP contribution in [0.1, 0.15) is 18.2 Å². The Labute approximate surface area is 158 Å². The second kappa shape index (κ2) is 9.38. The molecular formula is C20H23N5O2. The van der Waals surface area contributed by atoms with Gasteiger partial charge in [-0.2, -0.15) is 0 Å². The van der Waals surface area contributed by atoms with E-state index in [1.54, 1.807) is 19.6 Å². The first-order valence-corrected chi connectivity index (χ1v) is 8.80. The highest BCUT2D eigenvalue weighted by atomic mass is 16.5. The Morgan fingerprint density at radius 1 is 1.15 bits per heavy atom. The molecule has 0 fully saturated rings. The SMILES string of the molecule is CCNC(=NCc1cccnc1OC)NCc1coc(-c2ccccc2)n1. The van der Waals surface area contributed by atoms with Gasteiger partial charge in [-0.25, -0.2) is 15.0 Å². The van der Waals surface area contributed by atoms with Crippen LogP contribution in [0.4, 0.5) is 0 Å². The highest BCUT2D eigenvalue weighted by Crippen LogP contribution is 2.18. The minimum absolute atomic E-state index is 0.459. The largest absolute Gasteiger partial charge is 0.481 e. The minimum atomic E-state index is 0.459. The average Bonchev–Trinajstić information content (AvgIpc) is 3.20. The second-order valence-electron chi connectivity index (χ2n) is 5.73. The van der Waals surface area contributed by atoms with Crippen molar-refractivity contribution in [3.63, 3.8) is 0 Å². The number of hydrogen-bond donors (Lipinski definition) is 2. The normalized spacial score (nSPS) is 11.3. The summed E-state index contributed by atoms with van der Waals surface area (Å²) in [6.07, 6.45) is 3.35. The third kappa shape index (κ3) is 5.07. The van der Waals surface area contributed by atoms with E-state index in [0.29, 0.717) is 30.8 Å². The number of hydrogen-bond acceptors (Lipinski definition) is 5. The third-order valence-electron chi connectivity index (χ3n) is 3.80. The first-order valence-electron chi connectivity index (χ1n) is 8.80. The summed E-state index contributed by atoms with van der Waals surface area (Å²) in [4.78, 5) is 13.3. The van der Waals surface area contributed by atoms with Gasteiger partial charge in [0.25, 0.3) is 0 Å². The number of pyridine rings is 1. The average molecular weight is 365 g/mol. The van der Waals surface area contributed by atoms with Crippen molar-refractivity contribution in [2.24, 2.45) is 4.99 Å². The van der Waals surface area contributed by atoms with Crippen LogP contribution in [0, 0.1) is 0 Å². The van der Waals surface area contributed by atoms with Crippen LogP contribution in [0.5, 0.6) is 5.88 Å². The minimum Gasteiger partial charge on any atom is -0.481 e. The van der Waals surface area contributed by atoms with Gasteiger partial charge in [0, 0.05) is 23.9 Å². The topological polar surface area (TPSA) is 84.6 Å². The highest BCUT2D eigenvalue weighted by Gasteiger charge is 2.08. The number of nitrogens with one attached hydrogen (secondary N) is 2. The molecule has 2 heterocycles. The molecule has 7 nitrogen and oxygen atoms in total. The van der Waals surface area contributed by atoms with Crippen LogP contribution < -0.4 is 15.4 Å². The monoisotopic (exact) mass is 365 g/mol. The number of rotatable bonds is 7. The molecule has 0 atom stereocenters. The summed E-state index contributed by atoms with van der Waals surface area (Å²) >= 11 is 0. The molecule has 0 unspecified atom stereocenters. The maximum Gasteiger partial charge on any atom is 0.226 e. The molecule has 0 radical (unpaired) electrons. The molecule has 0 saturated carbocycles. The summed E-state index contributed by atoms with van der Waals surface area (Å²) in [6.45, 7) is 3.74. The van der Waals surface area contributed by atoms with E-state index in [-0.39, 0.29) is 0 Å². The third-order valence-corrected chi connectivity index (χ3v) is 3.80. The molecule has 0 saturated heterocycles. The van der Waals surface area contributed by atoms with Crippen LogP contribution in [0.3, 0.4) is 0 Å². The van der Waals surface area contributed by atoms with Gasteiger partial charge in [0.1, 0.15) is 6.26 Å². The number of ether oxygens (including phenoxy) is 1. The summed E-state index contributed by atoms with van der Waals surface area (Å²) in [6, 6.07) is 13.6. The maximum absolute atomic E-state index is 5.57. The van der Waals surface area contributed by atoms with Crippen molar-refractivity contribution in [1.82, 2.24) is 20.6 Å². The Bertz CT molecular complexity index is 877. The Kier molecular flexibility index (Phi) is 6.40. The number of benzene rings is 1. The molecule has 7 heteroatoms. The fourth-order valence-corrected chi connectivity index (χ4v) is 2.51. The van der Waals surface area contributed by atoms with Crippen molar-refractivity contribution < 1.29 is 9.15 Å². The molecule has 0 spiro atoms. The summed E-state index contributed by atoms with van der Waals surface area (Å²) in [7, 11) is 1.61. The Morgan fingerprint density at radius 3 is 2.78 bits per heavy atom. The number of oxazole rings is 1. The van der Waals surface area contributed by atoms with E-state index in [1.165, 1.54) is 0 Å². The number of aliphatic imine (C=N–C) groups is 1. The zero-order valence-corrected chi connectivity index (χ0v) is 15.5. The molecule has 3 aromatic rings. The highest BCUT2D eigenvalue weighted by molar-refractivity contribution is 5.79. The van der Waals surface area contributed by atoms with Gasteiger partial charge in [0.2, 0.25) is 11.8 Å². The molecule has 3 rings (SSSR count). The molecule has 140 valence electrons. The van der Waals surface area contributed by atoms with Gasteiger partial charge >= 0.3 is 0 Å². The van der Waals surface area contributed by atoms with Crippen LogP contribution in [-0.4, -0.2) is 29.6 Å². The van der Waals surface area contributed by atoms with E-state index in [1.807, 2.05) is 49.4 Å². The van der Waals surface area contributed by atoms with E-state index < -0.39 is 0 Å². The molecule has 0 aliphatic carbocycles. The van der Waals surface area contributed by atoms with E-state index in [2.05, 4.69) is 25.6 Å². The molecule has 0 aliphatic rings. The van der Waals surface area contributed by atoms with Gasteiger partial charge in [-0.05, 0) is 25.1 Å². The van der Waals surface area contributed by atoms with Gasteiger partial charge in [-0.1, -0.05) is 24.3 Å².